The van der Waals surface area contributed by atoms with Crippen LogP contribution in [0.1, 0.15) is 36.5 Å². The Bertz CT molecular complexity index is 954. The van der Waals surface area contributed by atoms with Gasteiger partial charge in [0.25, 0.3) is 0 Å². The fourth-order valence-corrected chi connectivity index (χ4v) is 4.73. The Morgan fingerprint density at radius 3 is 1.94 bits per heavy atom. The Morgan fingerprint density at radius 1 is 0.906 bits per heavy atom. The largest absolute Gasteiger partial charge is 0.494 e. The van der Waals surface area contributed by atoms with E-state index in [1.807, 2.05) is 96.8 Å². The highest BCUT2D eigenvalue weighted by atomic mass is 16.5. The number of ether oxygens (including phenoxy) is 1. The van der Waals surface area contributed by atoms with Crippen LogP contribution in [0.5, 0.6) is 5.75 Å². The Morgan fingerprint density at radius 2 is 1.44 bits per heavy atom. The van der Waals surface area contributed by atoms with Gasteiger partial charge in [-0.25, -0.2) is 0 Å². The van der Waals surface area contributed by atoms with E-state index in [1.54, 1.807) is 0 Å². The first-order valence-corrected chi connectivity index (χ1v) is 11.4. The summed E-state index contributed by atoms with van der Waals surface area (Å²) in [5, 5.41) is 12.0. The zero-order valence-corrected chi connectivity index (χ0v) is 18.6. The van der Waals surface area contributed by atoms with Gasteiger partial charge < -0.3 is 14.7 Å². The molecular weight excluding hydrogens is 398 g/mol. The van der Waals surface area contributed by atoms with Gasteiger partial charge in [-0.2, -0.15) is 0 Å². The lowest BCUT2D eigenvalue weighted by atomic mass is 9.72. The number of nitrogens with zero attached hydrogens (tertiary/aromatic N) is 1. The smallest absolute Gasteiger partial charge is 0.226 e. The molecule has 1 N–H and O–H groups in total. The third-order valence-electron chi connectivity index (χ3n) is 6.46. The van der Waals surface area contributed by atoms with Crippen molar-refractivity contribution in [3.63, 3.8) is 0 Å². The van der Waals surface area contributed by atoms with Crippen LogP contribution in [0.25, 0.3) is 0 Å². The predicted molar refractivity (Wildman–Crippen MR) is 127 cm³/mol. The van der Waals surface area contributed by atoms with Crippen molar-refractivity contribution in [2.75, 3.05) is 19.7 Å². The number of hydrogen-bond acceptors (Lipinski definition) is 3. The van der Waals surface area contributed by atoms with Gasteiger partial charge in [-0.3, -0.25) is 4.79 Å². The van der Waals surface area contributed by atoms with E-state index in [4.69, 9.17) is 4.74 Å². The summed E-state index contributed by atoms with van der Waals surface area (Å²) in [4.78, 5) is 14.8. The number of carbonyl (C=O) groups excluding carboxylic acids is 1. The van der Waals surface area contributed by atoms with Gasteiger partial charge in [-0.05, 0) is 54.5 Å². The molecule has 0 radical (unpaired) electrons. The summed E-state index contributed by atoms with van der Waals surface area (Å²) in [6.45, 7) is 3.90. The number of carbonyl (C=O) groups is 1. The van der Waals surface area contributed by atoms with Crippen molar-refractivity contribution in [3.05, 3.63) is 102 Å². The normalized spacial score (nSPS) is 14.9. The molecule has 0 bridgehead atoms. The SMILES string of the molecule is CCOc1ccc(CC(=O)N2CCC(C(O)(c3ccccc3)c3ccccc3)CC2)cc1. The van der Waals surface area contributed by atoms with Crippen molar-refractivity contribution in [3.8, 4) is 5.75 Å². The van der Waals surface area contributed by atoms with Crippen LogP contribution in [-0.2, 0) is 16.8 Å². The summed E-state index contributed by atoms with van der Waals surface area (Å²) in [6.07, 6.45) is 1.91. The van der Waals surface area contributed by atoms with Gasteiger partial charge in [0.2, 0.25) is 5.91 Å². The van der Waals surface area contributed by atoms with Crippen molar-refractivity contribution < 1.29 is 14.6 Å². The Hall–Kier alpha value is -3.11. The molecule has 0 spiro atoms. The maximum atomic E-state index is 12.9. The predicted octanol–water partition coefficient (Wildman–Crippen LogP) is 4.80. The third-order valence-corrected chi connectivity index (χ3v) is 6.46. The number of benzene rings is 3. The van der Waals surface area contributed by atoms with Crippen molar-refractivity contribution in [2.45, 2.75) is 31.8 Å². The lowest BCUT2D eigenvalue weighted by molar-refractivity contribution is -0.133. The van der Waals surface area contributed by atoms with Gasteiger partial charge in [-0.15, -0.1) is 0 Å². The van der Waals surface area contributed by atoms with Crippen LogP contribution in [0, 0.1) is 5.92 Å². The summed E-state index contributed by atoms with van der Waals surface area (Å²) in [5.41, 5.74) is 1.74. The van der Waals surface area contributed by atoms with Crippen LogP contribution in [0.3, 0.4) is 0 Å². The topological polar surface area (TPSA) is 49.8 Å². The van der Waals surface area contributed by atoms with Crippen LogP contribution in [-0.4, -0.2) is 35.6 Å². The third kappa shape index (κ3) is 4.71. The number of piperidine rings is 1. The molecule has 1 fully saturated rings. The molecule has 1 saturated heterocycles. The second kappa shape index (κ2) is 10.0. The molecule has 0 aliphatic carbocycles. The molecule has 3 aromatic rings. The second-order valence-corrected chi connectivity index (χ2v) is 8.41. The lowest BCUT2D eigenvalue weighted by Crippen LogP contribution is -2.46. The molecule has 4 nitrogen and oxygen atoms in total. The average molecular weight is 430 g/mol. The highest BCUT2D eigenvalue weighted by molar-refractivity contribution is 5.79. The summed E-state index contributed by atoms with van der Waals surface area (Å²) >= 11 is 0. The zero-order valence-electron chi connectivity index (χ0n) is 18.6. The van der Waals surface area contributed by atoms with E-state index >= 15 is 0 Å². The van der Waals surface area contributed by atoms with Crippen LogP contribution in [0.15, 0.2) is 84.9 Å². The van der Waals surface area contributed by atoms with Crippen LogP contribution < -0.4 is 4.74 Å². The van der Waals surface area contributed by atoms with Gasteiger partial charge >= 0.3 is 0 Å². The summed E-state index contributed by atoms with van der Waals surface area (Å²) in [7, 11) is 0. The first-order valence-electron chi connectivity index (χ1n) is 11.4. The van der Waals surface area contributed by atoms with Crippen molar-refractivity contribution in [1.82, 2.24) is 4.90 Å². The fraction of sp³-hybridized carbons (Fsp3) is 0.321. The van der Waals surface area contributed by atoms with Gasteiger partial charge in [0, 0.05) is 13.1 Å². The Kier molecular flexibility index (Phi) is 6.91. The maximum Gasteiger partial charge on any atom is 0.226 e. The molecule has 1 aliphatic rings. The number of amides is 1. The van der Waals surface area contributed by atoms with Gasteiger partial charge in [0.05, 0.1) is 13.0 Å². The molecular formula is C28H31NO3. The molecule has 1 amide bonds. The van der Waals surface area contributed by atoms with Crippen molar-refractivity contribution in [1.29, 1.82) is 0 Å². The summed E-state index contributed by atoms with van der Waals surface area (Å²) in [5.74, 6) is 1.00. The van der Waals surface area contributed by atoms with E-state index in [9.17, 15) is 9.90 Å². The number of hydrogen-bond donors (Lipinski definition) is 1. The highest BCUT2D eigenvalue weighted by Crippen LogP contribution is 2.41. The van der Waals surface area contributed by atoms with Crippen LogP contribution >= 0.6 is 0 Å². The summed E-state index contributed by atoms with van der Waals surface area (Å²) < 4.78 is 5.48. The first-order chi connectivity index (χ1) is 15.6. The van der Waals surface area contributed by atoms with E-state index in [0.717, 1.165) is 35.3 Å². The minimum Gasteiger partial charge on any atom is -0.494 e. The number of likely N-dealkylation sites (tertiary alicyclic amines) is 1. The van der Waals surface area contributed by atoms with Gasteiger partial charge in [-0.1, -0.05) is 72.8 Å². The monoisotopic (exact) mass is 429 g/mol. The Labute approximate surface area is 190 Å². The quantitative estimate of drug-likeness (QED) is 0.587. The van der Waals surface area contributed by atoms with E-state index in [0.29, 0.717) is 26.1 Å². The maximum absolute atomic E-state index is 12.9. The fourth-order valence-electron chi connectivity index (χ4n) is 4.73. The van der Waals surface area contributed by atoms with Gasteiger partial charge in [0.15, 0.2) is 0 Å². The number of aliphatic hydroxyl groups is 1. The minimum atomic E-state index is -1.06. The molecule has 0 saturated carbocycles. The molecule has 3 aromatic carbocycles. The standard InChI is InChI=1S/C28H31NO3/c1-2-32-26-15-13-22(14-16-26)21-27(30)29-19-17-25(18-20-29)28(31,23-9-5-3-6-10-23)24-11-7-4-8-12-24/h3-16,25,31H,2,17-21H2,1H3. The van der Waals surface area contributed by atoms with Crippen molar-refractivity contribution in [2.24, 2.45) is 5.92 Å². The molecule has 0 aromatic heterocycles. The molecule has 0 atom stereocenters. The van der Waals surface area contributed by atoms with Crippen LogP contribution in [0.2, 0.25) is 0 Å². The molecule has 32 heavy (non-hydrogen) atoms. The highest BCUT2D eigenvalue weighted by Gasteiger charge is 2.41. The van der Waals surface area contributed by atoms with Gasteiger partial charge in [0.1, 0.15) is 11.4 Å². The Balaban J connectivity index is 1.44. The van der Waals surface area contributed by atoms with E-state index in [1.165, 1.54) is 0 Å². The van der Waals surface area contributed by atoms with E-state index < -0.39 is 5.60 Å². The van der Waals surface area contributed by atoms with Crippen LogP contribution in [0.4, 0.5) is 0 Å². The average Bonchev–Trinajstić information content (AvgIpc) is 2.86. The molecule has 1 aliphatic heterocycles. The molecule has 4 heteroatoms. The molecule has 0 unspecified atom stereocenters. The molecule has 166 valence electrons. The number of rotatable bonds is 7. The lowest BCUT2D eigenvalue weighted by Gasteiger charge is -2.42. The zero-order chi connectivity index (χ0) is 22.4. The minimum absolute atomic E-state index is 0.0434. The summed E-state index contributed by atoms with van der Waals surface area (Å²) in [6, 6.07) is 27.6. The van der Waals surface area contributed by atoms with Crippen molar-refractivity contribution >= 4 is 5.91 Å². The molecule has 1 heterocycles. The second-order valence-electron chi connectivity index (χ2n) is 8.41. The first kappa shape index (κ1) is 22.1. The van der Waals surface area contributed by atoms with E-state index in [2.05, 4.69) is 0 Å². The van der Waals surface area contributed by atoms with E-state index in [-0.39, 0.29) is 11.8 Å². The molecule has 4 rings (SSSR count).